The second-order valence-corrected chi connectivity index (χ2v) is 3.91. The molecule has 0 amide bonds. The fourth-order valence-corrected chi connectivity index (χ4v) is 1.25. The van der Waals surface area contributed by atoms with Gasteiger partial charge in [0.05, 0.1) is 0 Å². The van der Waals surface area contributed by atoms with Crippen molar-refractivity contribution >= 4 is 0 Å². The molecule has 0 nitrogen and oxygen atoms in total. The van der Waals surface area contributed by atoms with Crippen molar-refractivity contribution in [3.63, 3.8) is 0 Å². The molecule has 0 bridgehead atoms. The molecule has 0 aromatic heterocycles. The predicted octanol–water partition coefficient (Wildman–Crippen LogP) is 5.73. The van der Waals surface area contributed by atoms with Crippen LogP contribution in [-0.2, 0) is 0 Å². The predicted molar refractivity (Wildman–Crippen MR) is 68.8 cm³/mol. The molecule has 86 valence electrons. The minimum Gasteiger partial charge on any atom is -0.103 e. The van der Waals surface area contributed by atoms with Gasteiger partial charge in [0.15, 0.2) is 0 Å². The van der Waals surface area contributed by atoms with E-state index in [4.69, 9.17) is 0 Å². The normalized spacial score (nSPS) is 9.07. The highest BCUT2D eigenvalue weighted by Gasteiger charge is 1.88. The smallest absolute Gasteiger partial charge is 0.0353 e. The molecule has 0 aromatic carbocycles. The van der Waals surface area contributed by atoms with E-state index in [1.165, 1.54) is 57.8 Å². The zero-order valence-corrected chi connectivity index (χ0v) is 10.6. The molecule has 0 aliphatic carbocycles. The first kappa shape index (κ1) is 16.2. The Kier molecular flexibility index (Phi) is 21.4. The molecule has 0 heterocycles. The van der Waals surface area contributed by atoms with E-state index in [0.717, 1.165) is 0 Å². The largest absolute Gasteiger partial charge is 0.103 e. The number of unbranched alkanes of at least 4 members (excludes halogenated alkanes) is 7. The van der Waals surface area contributed by atoms with Crippen molar-refractivity contribution < 1.29 is 0 Å². The van der Waals surface area contributed by atoms with Gasteiger partial charge in [0.1, 0.15) is 0 Å². The van der Waals surface area contributed by atoms with Crippen LogP contribution < -0.4 is 0 Å². The SMILES string of the molecule is C=CCCCCCCCCC.CCC. The van der Waals surface area contributed by atoms with E-state index in [1.807, 2.05) is 6.08 Å². The monoisotopic (exact) mass is 198 g/mol. The number of rotatable bonds is 8. The summed E-state index contributed by atoms with van der Waals surface area (Å²) in [6.45, 7) is 10.2. The Balaban J connectivity index is 0. The fourth-order valence-electron chi connectivity index (χ4n) is 1.25. The topological polar surface area (TPSA) is 0 Å². The van der Waals surface area contributed by atoms with Crippen LogP contribution >= 0.6 is 0 Å². The van der Waals surface area contributed by atoms with E-state index in [-0.39, 0.29) is 0 Å². The first-order valence-corrected chi connectivity index (χ1v) is 6.44. The van der Waals surface area contributed by atoms with Gasteiger partial charge >= 0.3 is 0 Å². The lowest BCUT2D eigenvalue weighted by atomic mass is 10.1. The Morgan fingerprint density at radius 3 is 1.64 bits per heavy atom. The van der Waals surface area contributed by atoms with E-state index in [0.29, 0.717) is 0 Å². The average molecular weight is 198 g/mol. The molecule has 0 radical (unpaired) electrons. The Labute approximate surface area is 91.8 Å². The van der Waals surface area contributed by atoms with Crippen LogP contribution in [0.5, 0.6) is 0 Å². The Morgan fingerprint density at radius 2 is 1.21 bits per heavy atom. The summed E-state index contributed by atoms with van der Waals surface area (Å²) in [6.07, 6.45) is 14.3. The van der Waals surface area contributed by atoms with Gasteiger partial charge in [-0.25, -0.2) is 0 Å². The summed E-state index contributed by atoms with van der Waals surface area (Å²) in [5, 5.41) is 0. The zero-order valence-electron chi connectivity index (χ0n) is 10.6. The van der Waals surface area contributed by atoms with Gasteiger partial charge in [-0.2, -0.15) is 0 Å². The van der Waals surface area contributed by atoms with Gasteiger partial charge in [0.25, 0.3) is 0 Å². The molecular formula is C14H30. The number of allylic oxidation sites excluding steroid dienone is 1. The quantitative estimate of drug-likeness (QED) is 0.345. The summed E-state index contributed by atoms with van der Waals surface area (Å²) in [5.41, 5.74) is 0. The molecule has 0 N–H and O–H groups in total. The third-order valence-electron chi connectivity index (χ3n) is 2.01. The fraction of sp³-hybridized carbons (Fsp3) is 0.857. The Morgan fingerprint density at radius 1 is 0.786 bits per heavy atom. The molecule has 0 atom stereocenters. The zero-order chi connectivity index (χ0) is 11.1. The van der Waals surface area contributed by atoms with Gasteiger partial charge in [-0.3, -0.25) is 0 Å². The molecule has 14 heavy (non-hydrogen) atoms. The van der Waals surface area contributed by atoms with Gasteiger partial charge in [0.2, 0.25) is 0 Å². The highest BCUT2D eigenvalue weighted by atomic mass is 13.9. The maximum absolute atomic E-state index is 3.71. The van der Waals surface area contributed by atoms with Crippen LogP contribution in [0.1, 0.15) is 78.6 Å². The van der Waals surface area contributed by atoms with Crippen LogP contribution in [0.15, 0.2) is 12.7 Å². The standard InChI is InChI=1S/C11H22.C3H8/c1-3-5-7-9-11-10-8-6-4-2;1-3-2/h3H,1,4-11H2,2H3;3H2,1-2H3. The van der Waals surface area contributed by atoms with E-state index in [2.05, 4.69) is 27.4 Å². The highest BCUT2D eigenvalue weighted by Crippen LogP contribution is 2.07. The molecule has 0 fully saturated rings. The van der Waals surface area contributed by atoms with Gasteiger partial charge < -0.3 is 0 Å². The molecule has 0 saturated carbocycles. The molecule has 0 aliphatic heterocycles. The van der Waals surface area contributed by atoms with Crippen LogP contribution in [0, 0.1) is 0 Å². The second kappa shape index (κ2) is 18.5. The summed E-state index contributed by atoms with van der Waals surface area (Å²) >= 11 is 0. The van der Waals surface area contributed by atoms with Gasteiger partial charge in [-0.1, -0.05) is 71.8 Å². The first-order valence-electron chi connectivity index (χ1n) is 6.44. The summed E-state index contributed by atoms with van der Waals surface area (Å²) in [4.78, 5) is 0. The van der Waals surface area contributed by atoms with Crippen molar-refractivity contribution in [2.24, 2.45) is 0 Å². The van der Waals surface area contributed by atoms with Crippen LogP contribution in [0.4, 0.5) is 0 Å². The molecule has 0 spiro atoms. The van der Waals surface area contributed by atoms with Crippen LogP contribution in [0.3, 0.4) is 0 Å². The maximum Gasteiger partial charge on any atom is -0.0353 e. The Bertz CT molecular complexity index is 84.0. The number of hydrogen-bond donors (Lipinski definition) is 0. The van der Waals surface area contributed by atoms with Crippen LogP contribution in [0.2, 0.25) is 0 Å². The first-order chi connectivity index (χ1) is 6.83. The van der Waals surface area contributed by atoms with E-state index >= 15 is 0 Å². The van der Waals surface area contributed by atoms with E-state index in [1.54, 1.807) is 0 Å². The van der Waals surface area contributed by atoms with E-state index in [9.17, 15) is 0 Å². The molecule has 0 rings (SSSR count). The maximum atomic E-state index is 3.71. The molecule has 0 aliphatic rings. The summed E-state index contributed by atoms with van der Waals surface area (Å²) in [6, 6.07) is 0. The lowest BCUT2D eigenvalue weighted by Crippen LogP contribution is -1.78. The van der Waals surface area contributed by atoms with E-state index < -0.39 is 0 Å². The summed E-state index contributed by atoms with van der Waals surface area (Å²) in [5.74, 6) is 0. The molecule has 0 aromatic rings. The molecule has 0 saturated heterocycles. The number of hydrogen-bond acceptors (Lipinski definition) is 0. The summed E-state index contributed by atoms with van der Waals surface area (Å²) in [7, 11) is 0. The minimum atomic E-state index is 1.20. The average Bonchev–Trinajstić information content (AvgIpc) is 2.18. The Hall–Kier alpha value is -0.260. The lowest BCUT2D eigenvalue weighted by Gasteiger charge is -1.98. The highest BCUT2D eigenvalue weighted by molar-refractivity contribution is 4.65. The van der Waals surface area contributed by atoms with Gasteiger partial charge in [0, 0.05) is 0 Å². The molecular weight excluding hydrogens is 168 g/mol. The second-order valence-electron chi connectivity index (χ2n) is 3.91. The van der Waals surface area contributed by atoms with Crippen LogP contribution in [-0.4, -0.2) is 0 Å². The third kappa shape index (κ3) is 22.6. The molecule has 0 unspecified atom stereocenters. The minimum absolute atomic E-state index is 1.20. The lowest BCUT2D eigenvalue weighted by molar-refractivity contribution is 0.592. The van der Waals surface area contributed by atoms with Crippen molar-refractivity contribution in [2.75, 3.05) is 0 Å². The van der Waals surface area contributed by atoms with Gasteiger partial charge in [-0.15, -0.1) is 6.58 Å². The van der Waals surface area contributed by atoms with Crippen LogP contribution in [0.25, 0.3) is 0 Å². The third-order valence-corrected chi connectivity index (χ3v) is 2.01. The van der Waals surface area contributed by atoms with Gasteiger partial charge in [-0.05, 0) is 12.8 Å². The van der Waals surface area contributed by atoms with Crippen molar-refractivity contribution in [1.82, 2.24) is 0 Å². The van der Waals surface area contributed by atoms with Crippen molar-refractivity contribution in [3.05, 3.63) is 12.7 Å². The van der Waals surface area contributed by atoms with Crippen molar-refractivity contribution in [3.8, 4) is 0 Å². The van der Waals surface area contributed by atoms with Crippen molar-refractivity contribution in [2.45, 2.75) is 78.6 Å². The molecule has 0 heteroatoms. The van der Waals surface area contributed by atoms with Crippen molar-refractivity contribution in [1.29, 1.82) is 0 Å². The summed E-state index contributed by atoms with van der Waals surface area (Å²) < 4.78 is 0.